The zero-order valence-corrected chi connectivity index (χ0v) is 8.53. The van der Waals surface area contributed by atoms with Gasteiger partial charge < -0.3 is 5.11 Å². The highest BCUT2D eigenvalue weighted by atomic mass is 32.1. The number of rotatable bonds is 2. The van der Waals surface area contributed by atoms with Gasteiger partial charge >= 0.3 is 0 Å². The lowest BCUT2D eigenvalue weighted by atomic mass is 10.1. The molecule has 1 N–H and O–H groups in total. The lowest BCUT2D eigenvalue weighted by Crippen LogP contribution is -2.02. The summed E-state index contributed by atoms with van der Waals surface area (Å²) in [6.45, 7) is 1.98. The van der Waals surface area contributed by atoms with E-state index in [2.05, 4.69) is 9.97 Å². The fraction of sp³-hybridized carbons (Fsp3) is 0.200. The van der Waals surface area contributed by atoms with Crippen molar-refractivity contribution in [3.63, 3.8) is 0 Å². The van der Waals surface area contributed by atoms with Crippen LogP contribution in [0.5, 0.6) is 0 Å². The maximum absolute atomic E-state index is 9.97. The molecule has 2 rings (SSSR count). The van der Waals surface area contributed by atoms with Gasteiger partial charge in [0.25, 0.3) is 0 Å². The molecule has 2 heterocycles. The molecule has 1 atom stereocenters. The first-order valence-corrected chi connectivity index (χ1v) is 5.20. The van der Waals surface area contributed by atoms with Gasteiger partial charge in [0, 0.05) is 18.0 Å². The van der Waals surface area contributed by atoms with Gasteiger partial charge in [0.2, 0.25) is 0 Å². The standard InChI is InChI=1S/C10H10N2OS/c1-7-5-14-6-8(7)10(13)9-4-11-2-3-12-9/h2-6,10,13H,1H3. The Kier molecular flexibility index (Phi) is 2.56. The summed E-state index contributed by atoms with van der Waals surface area (Å²) in [4.78, 5) is 7.99. The second kappa shape index (κ2) is 3.86. The molecule has 0 aliphatic rings. The van der Waals surface area contributed by atoms with Crippen molar-refractivity contribution in [2.75, 3.05) is 0 Å². The fourth-order valence-corrected chi connectivity index (χ4v) is 2.13. The molecule has 0 aromatic carbocycles. The highest BCUT2D eigenvalue weighted by Gasteiger charge is 2.14. The van der Waals surface area contributed by atoms with Gasteiger partial charge in [-0.3, -0.25) is 9.97 Å². The van der Waals surface area contributed by atoms with E-state index in [0.29, 0.717) is 5.69 Å². The summed E-state index contributed by atoms with van der Waals surface area (Å²) < 4.78 is 0. The van der Waals surface area contributed by atoms with E-state index >= 15 is 0 Å². The van der Waals surface area contributed by atoms with Crippen molar-refractivity contribution in [3.05, 3.63) is 46.2 Å². The molecule has 0 saturated heterocycles. The van der Waals surface area contributed by atoms with Gasteiger partial charge in [0.15, 0.2) is 0 Å². The second-order valence-corrected chi connectivity index (χ2v) is 3.79. The first kappa shape index (κ1) is 9.30. The molecule has 0 aliphatic heterocycles. The van der Waals surface area contributed by atoms with Crippen molar-refractivity contribution in [2.24, 2.45) is 0 Å². The average Bonchev–Trinajstić information content (AvgIpc) is 2.65. The number of hydrogen-bond acceptors (Lipinski definition) is 4. The maximum atomic E-state index is 9.97. The predicted molar refractivity (Wildman–Crippen MR) is 55.1 cm³/mol. The van der Waals surface area contributed by atoms with Crippen LogP contribution in [0.2, 0.25) is 0 Å². The van der Waals surface area contributed by atoms with E-state index in [1.54, 1.807) is 29.9 Å². The Morgan fingerprint density at radius 3 is 2.79 bits per heavy atom. The molecule has 0 fully saturated rings. The Morgan fingerprint density at radius 2 is 2.21 bits per heavy atom. The summed E-state index contributed by atoms with van der Waals surface area (Å²) in [5.74, 6) is 0. The van der Waals surface area contributed by atoms with E-state index in [-0.39, 0.29) is 0 Å². The number of aliphatic hydroxyl groups excluding tert-OH is 1. The van der Waals surface area contributed by atoms with Crippen molar-refractivity contribution >= 4 is 11.3 Å². The second-order valence-electron chi connectivity index (χ2n) is 3.04. The van der Waals surface area contributed by atoms with Gasteiger partial charge in [0.05, 0.1) is 11.9 Å². The molecule has 0 saturated carbocycles. The van der Waals surface area contributed by atoms with Crippen LogP contribution in [0.15, 0.2) is 29.4 Å². The van der Waals surface area contributed by atoms with Gasteiger partial charge in [0.1, 0.15) is 6.10 Å². The smallest absolute Gasteiger partial charge is 0.124 e. The Labute approximate surface area is 86.1 Å². The van der Waals surface area contributed by atoms with E-state index in [0.717, 1.165) is 11.1 Å². The van der Waals surface area contributed by atoms with Crippen LogP contribution in [0.1, 0.15) is 22.9 Å². The monoisotopic (exact) mass is 206 g/mol. The van der Waals surface area contributed by atoms with Crippen LogP contribution < -0.4 is 0 Å². The number of aromatic nitrogens is 2. The minimum Gasteiger partial charge on any atom is -0.382 e. The maximum Gasteiger partial charge on any atom is 0.124 e. The van der Waals surface area contributed by atoms with Crippen LogP contribution in [0.4, 0.5) is 0 Å². The third kappa shape index (κ3) is 1.66. The summed E-state index contributed by atoms with van der Waals surface area (Å²) in [6.07, 6.45) is 4.11. The van der Waals surface area contributed by atoms with Gasteiger partial charge in [-0.05, 0) is 23.2 Å². The van der Waals surface area contributed by atoms with Crippen molar-refractivity contribution in [3.8, 4) is 0 Å². The molecule has 0 bridgehead atoms. The highest BCUT2D eigenvalue weighted by molar-refractivity contribution is 7.08. The first-order chi connectivity index (χ1) is 6.79. The molecule has 0 amide bonds. The third-order valence-corrected chi connectivity index (χ3v) is 2.93. The summed E-state index contributed by atoms with van der Waals surface area (Å²) in [5, 5.41) is 13.9. The van der Waals surface area contributed by atoms with E-state index in [4.69, 9.17) is 0 Å². The molecular weight excluding hydrogens is 196 g/mol. The van der Waals surface area contributed by atoms with Crippen LogP contribution in [0.25, 0.3) is 0 Å². The van der Waals surface area contributed by atoms with E-state index in [9.17, 15) is 5.11 Å². The van der Waals surface area contributed by atoms with Crippen molar-refractivity contribution in [1.82, 2.24) is 9.97 Å². The van der Waals surface area contributed by atoms with Crippen LogP contribution >= 0.6 is 11.3 Å². The minimum atomic E-state index is -0.657. The summed E-state index contributed by atoms with van der Waals surface area (Å²) >= 11 is 1.58. The molecule has 72 valence electrons. The van der Waals surface area contributed by atoms with Gasteiger partial charge in [-0.1, -0.05) is 0 Å². The topological polar surface area (TPSA) is 46.0 Å². The van der Waals surface area contributed by atoms with Gasteiger partial charge in [-0.25, -0.2) is 0 Å². The van der Waals surface area contributed by atoms with Crippen molar-refractivity contribution in [1.29, 1.82) is 0 Å². The predicted octanol–water partition coefficient (Wildman–Crippen LogP) is 1.93. The fourth-order valence-electron chi connectivity index (χ4n) is 1.26. The summed E-state index contributed by atoms with van der Waals surface area (Å²) in [6, 6.07) is 0. The van der Waals surface area contributed by atoms with Crippen LogP contribution in [0, 0.1) is 6.92 Å². The molecule has 14 heavy (non-hydrogen) atoms. The summed E-state index contributed by atoms with van der Waals surface area (Å²) in [5.41, 5.74) is 2.60. The third-order valence-electron chi connectivity index (χ3n) is 2.05. The van der Waals surface area contributed by atoms with Crippen LogP contribution in [-0.4, -0.2) is 15.1 Å². The Hall–Kier alpha value is -1.26. The van der Waals surface area contributed by atoms with Crippen LogP contribution in [0.3, 0.4) is 0 Å². The molecule has 4 heteroatoms. The van der Waals surface area contributed by atoms with Crippen LogP contribution in [-0.2, 0) is 0 Å². The van der Waals surface area contributed by atoms with E-state index in [1.807, 2.05) is 17.7 Å². The zero-order valence-electron chi connectivity index (χ0n) is 7.71. The molecule has 0 aliphatic carbocycles. The Balaban J connectivity index is 2.34. The molecule has 2 aromatic rings. The van der Waals surface area contributed by atoms with Gasteiger partial charge in [-0.2, -0.15) is 11.3 Å². The molecule has 1 unspecified atom stereocenters. The molecule has 0 radical (unpaired) electrons. The average molecular weight is 206 g/mol. The lowest BCUT2D eigenvalue weighted by molar-refractivity contribution is 0.214. The quantitative estimate of drug-likeness (QED) is 0.816. The van der Waals surface area contributed by atoms with Crippen molar-refractivity contribution in [2.45, 2.75) is 13.0 Å². The molecular formula is C10H10N2OS. The van der Waals surface area contributed by atoms with Gasteiger partial charge in [-0.15, -0.1) is 0 Å². The molecule has 3 nitrogen and oxygen atoms in total. The highest BCUT2D eigenvalue weighted by Crippen LogP contribution is 2.25. The number of aryl methyl sites for hydroxylation is 1. The van der Waals surface area contributed by atoms with E-state index in [1.165, 1.54) is 0 Å². The summed E-state index contributed by atoms with van der Waals surface area (Å²) in [7, 11) is 0. The number of thiophene rings is 1. The first-order valence-electron chi connectivity index (χ1n) is 4.25. The molecule has 0 spiro atoms. The Bertz CT molecular complexity index is 413. The number of aliphatic hydroxyl groups is 1. The number of nitrogens with zero attached hydrogens (tertiary/aromatic N) is 2. The lowest BCUT2D eigenvalue weighted by Gasteiger charge is -2.08. The normalized spacial score (nSPS) is 12.7. The molecule has 2 aromatic heterocycles. The SMILES string of the molecule is Cc1cscc1C(O)c1cnccn1. The van der Waals surface area contributed by atoms with Crippen molar-refractivity contribution < 1.29 is 5.11 Å². The zero-order chi connectivity index (χ0) is 9.97. The minimum absolute atomic E-state index is 0.592. The Morgan fingerprint density at radius 1 is 1.36 bits per heavy atom. The number of hydrogen-bond donors (Lipinski definition) is 1. The largest absolute Gasteiger partial charge is 0.382 e. The van der Waals surface area contributed by atoms with E-state index < -0.39 is 6.10 Å².